The van der Waals surface area contributed by atoms with Gasteiger partial charge in [0.25, 0.3) is 0 Å². The molecule has 0 heterocycles. The fraction of sp³-hybridized carbons (Fsp3) is 0.235. The Morgan fingerprint density at radius 3 is 2.33 bits per heavy atom. The van der Waals surface area contributed by atoms with Crippen molar-refractivity contribution >= 4 is 11.7 Å². The van der Waals surface area contributed by atoms with Crippen molar-refractivity contribution in [1.29, 1.82) is 0 Å². The van der Waals surface area contributed by atoms with E-state index in [9.17, 15) is 4.79 Å². The lowest BCUT2D eigenvalue weighted by molar-refractivity contribution is -0.144. The van der Waals surface area contributed by atoms with Gasteiger partial charge in [0.05, 0.1) is 13.7 Å². The molecule has 0 aromatic heterocycles. The Balaban J connectivity index is 2.24. The molecule has 0 aliphatic heterocycles. The van der Waals surface area contributed by atoms with Gasteiger partial charge >= 0.3 is 5.97 Å². The molecule has 110 valence electrons. The van der Waals surface area contributed by atoms with Crippen LogP contribution in [0.2, 0.25) is 0 Å². The summed E-state index contributed by atoms with van der Waals surface area (Å²) in [6.07, 6.45) is 0. The minimum absolute atomic E-state index is 0.300. The van der Waals surface area contributed by atoms with Crippen LogP contribution < -0.4 is 10.1 Å². The molecule has 4 heteroatoms. The number of ether oxygens (including phenoxy) is 2. The Morgan fingerprint density at radius 2 is 1.76 bits per heavy atom. The summed E-state index contributed by atoms with van der Waals surface area (Å²) >= 11 is 0. The molecule has 2 aromatic rings. The van der Waals surface area contributed by atoms with Gasteiger partial charge in [-0.1, -0.05) is 30.3 Å². The van der Waals surface area contributed by atoms with Crippen LogP contribution in [-0.4, -0.2) is 19.7 Å². The van der Waals surface area contributed by atoms with E-state index in [1.165, 1.54) is 0 Å². The number of hydrogen-bond acceptors (Lipinski definition) is 4. The fourth-order valence-electron chi connectivity index (χ4n) is 2.00. The van der Waals surface area contributed by atoms with Gasteiger partial charge in [0.1, 0.15) is 5.75 Å². The van der Waals surface area contributed by atoms with Crippen LogP contribution in [0, 0.1) is 0 Å². The van der Waals surface area contributed by atoms with Crippen LogP contribution in [-0.2, 0) is 9.53 Å². The number of hydrogen-bond donors (Lipinski definition) is 1. The highest BCUT2D eigenvalue weighted by Gasteiger charge is 2.21. The molecule has 0 aliphatic rings. The Bertz CT molecular complexity index is 566. The van der Waals surface area contributed by atoms with Crippen LogP contribution >= 0.6 is 0 Å². The zero-order valence-corrected chi connectivity index (χ0v) is 12.2. The Hall–Kier alpha value is -2.49. The van der Waals surface area contributed by atoms with E-state index in [2.05, 4.69) is 5.32 Å². The van der Waals surface area contributed by atoms with E-state index in [1.807, 2.05) is 54.6 Å². The number of benzene rings is 2. The molecule has 0 bridgehead atoms. The van der Waals surface area contributed by atoms with E-state index in [0.29, 0.717) is 6.61 Å². The molecule has 1 unspecified atom stereocenters. The van der Waals surface area contributed by atoms with Gasteiger partial charge in [0.2, 0.25) is 0 Å². The van der Waals surface area contributed by atoms with Gasteiger partial charge in [0.15, 0.2) is 6.04 Å². The van der Waals surface area contributed by atoms with Gasteiger partial charge in [0, 0.05) is 5.69 Å². The Kier molecular flexibility index (Phi) is 5.21. The van der Waals surface area contributed by atoms with Crippen LogP contribution in [0.4, 0.5) is 5.69 Å². The molecule has 0 aliphatic carbocycles. The fourth-order valence-corrected chi connectivity index (χ4v) is 2.00. The van der Waals surface area contributed by atoms with Crippen molar-refractivity contribution in [2.45, 2.75) is 13.0 Å². The smallest absolute Gasteiger partial charge is 0.333 e. The zero-order valence-electron chi connectivity index (χ0n) is 12.2. The molecule has 0 radical (unpaired) electrons. The minimum atomic E-state index is -0.543. The lowest BCUT2D eigenvalue weighted by Crippen LogP contribution is -2.23. The largest absolute Gasteiger partial charge is 0.497 e. The average Bonchev–Trinajstić information content (AvgIpc) is 2.54. The maximum Gasteiger partial charge on any atom is 0.333 e. The third-order valence-corrected chi connectivity index (χ3v) is 3.06. The Labute approximate surface area is 124 Å². The quantitative estimate of drug-likeness (QED) is 0.826. The highest BCUT2D eigenvalue weighted by atomic mass is 16.5. The average molecular weight is 285 g/mol. The van der Waals surface area contributed by atoms with Gasteiger partial charge in [-0.2, -0.15) is 0 Å². The molecule has 0 spiro atoms. The molecule has 1 N–H and O–H groups in total. The number of anilines is 1. The van der Waals surface area contributed by atoms with E-state index in [4.69, 9.17) is 9.47 Å². The lowest BCUT2D eigenvalue weighted by Gasteiger charge is -2.19. The summed E-state index contributed by atoms with van der Waals surface area (Å²) in [5.74, 6) is 0.451. The lowest BCUT2D eigenvalue weighted by atomic mass is 10.1. The van der Waals surface area contributed by atoms with Crippen LogP contribution in [0.1, 0.15) is 18.5 Å². The molecule has 21 heavy (non-hydrogen) atoms. The molecule has 0 saturated carbocycles. The molecule has 0 fully saturated rings. The standard InChI is InChI=1S/C17H19NO3/c1-3-21-17(19)16(18-14-7-5-4-6-8-14)13-9-11-15(20-2)12-10-13/h4-12,16,18H,3H2,1-2H3. The second-order valence-electron chi connectivity index (χ2n) is 4.47. The third-order valence-electron chi connectivity index (χ3n) is 3.06. The Morgan fingerprint density at radius 1 is 1.10 bits per heavy atom. The van der Waals surface area contributed by atoms with Gasteiger partial charge in [-0.3, -0.25) is 0 Å². The monoisotopic (exact) mass is 285 g/mol. The van der Waals surface area contributed by atoms with Crippen molar-refractivity contribution < 1.29 is 14.3 Å². The second-order valence-corrected chi connectivity index (χ2v) is 4.47. The second kappa shape index (κ2) is 7.33. The summed E-state index contributed by atoms with van der Waals surface area (Å²) in [5, 5.41) is 3.20. The number of rotatable bonds is 6. The first-order chi connectivity index (χ1) is 10.2. The first-order valence-electron chi connectivity index (χ1n) is 6.86. The highest BCUT2D eigenvalue weighted by Crippen LogP contribution is 2.23. The zero-order chi connectivity index (χ0) is 15.1. The maximum atomic E-state index is 12.2. The van der Waals surface area contributed by atoms with Crippen molar-refractivity contribution in [3.63, 3.8) is 0 Å². The summed E-state index contributed by atoms with van der Waals surface area (Å²) < 4.78 is 10.3. The molecule has 1 atom stereocenters. The summed E-state index contributed by atoms with van der Waals surface area (Å²) in [4.78, 5) is 12.2. The van der Waals surface area contributed by atoms with Crippen LogP contribution in [0.3, 0.4) is 0 Å². The molecular weight excluding hydrogens is 266 g/mol. The number of nitrogens with one attached hydrogen (secondary N) is 1. The van der Waals surface area contributed by atoms with Crippen LogP contribution in [0.15, 0.2) is 54.6 Å². The maximum absolute atomic E-state index is 12.2. The number of carbonyl (C=O) groups excluding carboxylic acids is 1. The number of para-hydroxylation sites is 1. The molecule has 2 aromatic carbocycles. The van der Waals surface area contributed by atoms with Crippen molar-refractivity contribution in [3.8, 4) is 5.75 Å². The summed E-state index contributed by atoms with van der Waals surface area (Å²) in [6, 6.07) is 16.4. The highest BCUT2D eigenvalue weighted by molar-refractivity contribution is 5.81. The minimum Gasteiger partial charge on any atom is -0.497 e. The van der Waals surface area contributed by atoms with Crippen molar-refractivity contribution in [3.05, 3.63) is 60.2 Å². The third kappa shape index (κ3) is 3.99. The molecule has 0 amide bonds. The number of methoxy groups -OCH3 is 1. The van der Waals surface area contributed by atoms with Gasteiger partial charge in [-0.25, -0.2) is 4.79 Å². The van der Waals surface area contributed by atoms with E-state index in [-0.39, 0.29) is 5.97 Å². The molecule has 4 nitrogen and oxygen atoms in total. The summed E-state index contributed by atoms with van der Waals surface area (Å²) in [6.45, 7) is 2.15. The first kappa shape index (κ1) is 14.9. The van der Waals surface area contributed by atoms with Crippen molar-refractivity contribution in [1.82, 2.24) is 0 Å². The van der Waals surface area contributed by atoms with Gasteiger partial charge in [-0.05, 0) is 36.8 Å². The number of carbonyl (C=O) groups is 1. The molecule has 0 saturated heterocycles. The molecule has 2 rings (SSSR count). The first-order valence-corrected chi connectivity index (χ1v) is 6.86. The number of esters is 1. The van der Waals surface area contributed by atoms with Gasteiger partial charge < -0.3 is 14.8 Å². The SMILES string of the molecule is CCOC(=O)C(Nc1ccccc1)c1ccc(OC)cc1. The summed E-state index contributed by atoms with van der Waals surface area (Å²) in [7, 11) is 1.61. The van der Waals surface area contributed by atoms with E-state index >= 15 is 0 Å². The predicted octanol–water partition coefficient (Wildman–Crippen LogP) is 3.41. The van der Waals surface area contributed by atoms with E-state index in [0.717, 1.165) is 17.0 Å². The van der Waals surface area contributed by atoms with Crippen LogP contribution in [0.5, 0.6) is 5.75 Å². The topological polar surface area (TPSA) is 47.6 Å². The van der Waals surface area contributed by atoms with Crippen LogP contribution in [0.25, 0.3) is 0 Å². The normalized spacial score (nSPS) is 11.5. The predicted molar refractivity (Wildman–Crippen MR) is 82.4 cm³/mol. The van der Waals surface area contributed by atoms with Crippen molar-refractivity contribution in [2.24, 2.45) is 0 Å². The van der Waals surface area contributed by atoms with E-state index in [1.54, 1.807) is 14.0 Å². The molecular formula is C17H19NO3. The summed E-state index contributed by atoms with van der Waals surface area (Å²) in [5.41, 5.74) is 1.70. The van der Waals surface area contributed by atoms with Crippen molar-refractivity contribution in [2.75, 3.05) is 19.0 Å². The van der Waals surface area contributed by atoms with E-state index < -0.39 is 6.04 Å². The van der Waals surface area contributed by atoms with Gasteiger partial charge in [-0.15, -0.1) is 0 Å².